The topological polar surface area (TPSA) is 43.1 Å². The van der Waals surface area contributed by atoms with Crippen LogP contribution in [-0.2, 0) is 5.16 Å². The van der Waals surface area contributed by atoms with Crippen LogP contribution in [0.4, 0.5) is 0 Å². The van der Waals surface area contributed by atoms with Crippen LogP contribution in [0.25, 0.3) is 0 Å². The molecule has 1 atom stereocenters. The number of nitrogens with two attached hydrogens (primary N) is 1. The molecule has 1 aromatic rings. The zero-order valence-corrected chi connectivity index (χ0v) is 12.1. The Morgan fingerprint density at radius 1 is 1.38 bits per heavy atom. The van der Waals surface area contributed by atoms with Crippen LogP contribution in [0.1, 0.15) is 22.8 Å². The van der Waals surface area contributed by atoms with Crippen LogP contribution in [0, 0.1) is 0 Å². The maximum Gasteiger partial charge on any atom is 0.216 e. The number of hydrogen-bond acceptors (Lipinski definition) is 2. The van der Waals surface area contributed by atoms with Crippen LogP contribution in [0.2, 0.25) is 19.6 Å². The molecule has 0 radical (unpaired) electrons. The van der Waals surface area contributed by atoms with Gasteiger partial charge in [0.25, 0.3) is 0 Å². The van der Waals surface area contributed by atoms with Crippen LogP contribution in [-0.4, -0.2) is 13.2 Å². The Morgan fingerprint density at radius 3 is 2.38 bits per heavy atom. The standard InChI is InChI=1S/C12H19NOSSi/c1-12(13,16(2,3)4)10-7-5-6-9(8-10)11(14)15/h5-8H,13H2,1-4H3,(H,14,15). The number of rotatable bonds is 3. The van der Waals surface area contributed by atoms with E-state index in [1.165, 1.54) is 0 Å². The van der Waals surface area contributed by atoms with Gasteiger partial charge in [0.15, 0.2) is 0 Å². The lowest BCUT2D eigenvalue weighted by molar-refractivity contribution is 0.109. The molecular weight excluding hydrogens is 234 g/mol. The second kappa shape index (κ2) is 4.35. The molecule has 1 aromatic carbocycles. The predicted molar refractivity (Wildman–Crippen MR) is 74.6 cm³/mol. The Balaban J connectivity index is 3.24. The van der Waals surface area contributed by atoms with Crippen molar-refractivity contribution in [3.05, 3.63) is 35.4 Å². The summed E-state index contributed by atoms with van der Waals surface area (Å²) >= 11 is 3.83. The number of carbonyl (C=O) groups is 1. The molecule has 4 heteroatoms. The van der Waals surface area contributed by atoms with Gasteiger partial charge in [-0.05, 0) is 18.6 Å². The van der Waals surface area contributed by atoms with E-state index in [1.54, 1.807) is 6.07 Å². The van der Waals surface area contributed by atoms with E-state index in [0.717, 1.165) is 5.56 Å². The maximum absolute atomic E-state index is 11.2. The van der Waals surface area contributed by atoms with Gasteiger partial charge in [0.2, 0.25) is 5.12 Å². The van der Waals surface area contributed by atoms with Crippen molar-refractivity contribution in [2.45, 2.75) is 31.7 Å². The van der Waals surface area contributed by atoms with Crippen molar-refractivity contribution in [3.63, 3.8) is 0 Å². The van der Waals surface area contributed by atoms with Crippen molar-refractivity contribution in [2.24, 2.45) is 5.73 Å². The molecule has 1 unspecified atom stereocenters. The molecule has 1 rings (SSSR count). The molecule has 0 bridgehead atoms. The summed E-state index contributed by atoms with van der Waals surface area (Å²) in [6, 6.07) is 7.47. The van der Waals surface area contributed by atoms with E-state index in [0.29, 0.717) is 5.56 Å². The van der Waals surface area contributed by atoms with Crippen molar-refractivity contribution >= 4 is 25.8 Å². The molecule has 0 saturated carbocycles. The molecule has 0 spiro atoms. The Bertz CT molecular complexity index is 410. The SMILES string of the molecule is CC(N)(c1cccc(C(=O)S)c1)[Si](C)(C)C. The average Bonchev–Trinajstić information content (AvgIpc) is 2.16. The number of benzene rings is 1. The van der Waals surface area contributed by atoms with E-state index in [2.05, 4.69) is 32.3 Å². The van der Waals surface area contributed by atoms with Gasteiger partial charge in [-0.3, -0.25) is 4.79 Å². The molecule has 0 aliphatic rings. The van der Waals surface area contributed by atoms with E-state index in [9.17, 15) is 4.79 Å². The molecule has 16 heavy (non-hydrogen) atoms. The summed E-state index contributed by atoms with van der Waals surface area (Å²) in [5.74, 6) is 0. The van der Waals surface area contributed by atoms with Crippen LogP contribution in [0.3, 0.4) is 0 Å². The largest absolute Gasteiger partial charge is 0.324 e. The maximum atomic E-state index is 11.2. The minimum atomic E-state index is -1.54. The Kier molecular flexibility index (Phi) is 3.67. The van der Waals surface area contributed by atoms with Gasteiger partial charge in [0.05, 0.1) is 8.07 Å². The molecule has 0 aliphatic heterocycles. The Morgan fingerprint density at radius 2 is 1.94 bits per heavy atom. The van der Waals surface area contributed by atoms with Crippen molar-refractivity contribution in [1.29, 1.82) is 0 Å². The molecule has 0 aliphatic carbocycles. The van der Waals surface area contributed by atoms with E-state index in [4.69, 9.17) is 5.73 Å². The fraction of sp³-hybridized carbons (Fsp3) is 0.417. The lowest BCUT2D eigenvalue weighted by Crippen LogP contribution is -2.54. The van der Waals surface area contributed by atoms with E-state index in [1.807, 2.05) is 25.1 Å². The van der Waals surface area contributed by atoms with Gasteiger partial charge in [0, 0.05) is 10.7 Å². The molecule has 88 valence electrons. The number of thiol groups is 1. The van der Waals surface area contributed by atoms with E-state index >= 15 is 0 Å². The molecule has 0 fully saturated rings. The number of carbonyl (C=O) groups excluding carboxylic acids is 1. The van der Waals surface area contributed by atoms with Crippen LogP contribution in [0.15, 0.2) is 24.3 Å². The molecule has 2 nitrogen and oxygen atoms in total. The molecule has 0 heterocycles. The first kappa shape index (κ1) is 13.5. The van der Waals surface area contributed by atoms with Crippen molar-refractivity contribution in [3.8, 4) is 0 Å². The van der Waals surface area contributed by atoms with Crippen molar-refractivity contribution in [2.75, 3.05) is 0 Å². The highest BCUT2D eigenvalue weighted by molar-refractivity contribution is 7.97. The fourth-order valence-electron chi connectivity index (χ4n) is 1.41. The first-order valence-electron chi connectivity index (χ1n) is 5.29. The van der Waals surface area contributed by atoms with Gasteiger partial charge >= 0.3 is 0 Å². The van der Waals surface area contributed by atoms with Crippen LogP contribution >= 0.6 is 12.6 Å². The molecule has 0 amide bonds. The average molecular weight is 253 g/mol. The first-order chi connectivity index (χ1) is 7.16. The third-order valence-corrected chi connectivity index (χ3v) is 6.93. The van der Waals surface area contributed by atoms with E-state index in [-0.39, 0.29) is 10.3 Å². The van der Waals surface area contributed by atoms with Gasteiger partial charge < -0.3 is 5.73 Å². The summed E-state index contributed by atoms with van der Waals surface area (Å²) in [6.07, 6.45) is 0. The summed E-state index contributed by atoms with van der Waals surface area (Å²) in [5, 5.41) is -0.556. The summed E-state index contributed by atoms with van der Waals surface area (Å²) in [5.41, 5.74) is 8.04. The van der Waals surface area contributed by atoms with Gasteiger partial charge in [0.1, 0.15) is 0 Å². The molecule has 0 aromatic heterocycles. The zero-order chi connectivity index (χ0) is 12.6. The van der Waals surface area contributed by atoms with Crippen molar-refractivity contribution < 1.29 is 4.79 Å². The highest BCUT2D eigenvalue weighted by Crippen LogP contribution is 2.29. The summed E-state index contributed by atoms with van der Waals surface area (Å²) < 4.78 is 0. The monoisotopic (exact) mass is 253 g/mol. The predicted octanol–water partition coefficient (Wildman–Crippen LogP) is 2.81. The molecular formula is C12H19NOSSi. The van der Waals surface area contributed by atoms with Crippen LogP contribution in [0.5, 0.6) is 0 Å². The van der Waals surface area contributed by atoms with Gasteiger partial charge in [-0.2, -0.15) is 0 Å². The van der Waals surface area contributed by atoms with Gasteiger partial charge in [-0.25, -0.2) is 0 Å². The second-order valence-electron chi connectivity index (χ2n) is 5.34. The lowest BCUT2D eigenvalue weighted by Gasteiger charge is -2.37. The zero-order valence-electron chi connectivity index (χ0n) is 10.2. The smallest absolute Gasteiger partial charge is 0.216 e. The fourth-order valence-corrected chi connectivity index (χ4v) is 2.57. The Labute approximate surface area is 104 Å². The second-order valence-corrected chi connectivity index (χ2v) is 11.3. The quantitative estimate of drug-likeness (QED) is 0.642. The summed E-state index contributed by atoms with van der Waals surface area (Å²) in [7, 11) is -1.54. The van der Waals surface area contributed by atoms with Crippen LogP contribution < -0.4 is 5.73 Å². The normalized spacial score (nSPS) is 15.6. The van der Waals surface area contributed by atoms with E-state index < -0.39 is 8.07 Å². The summed E-state index contributed by atoms with van der Waals surface area (Å²) in [6.45, 7) is 8.72. The number of hydrogen-bond donors (Lipinski definition) is 2. The first-order valence-corrected chi connectivity index (χ1v) is 9.23. The molecule has 0 saturated heterocycles. The van der Waals surface area contributed by atoms with Crippen molar-refractivity contribution in [1.82, 2.24) is 0 Å². The highest BCUT2D eigenvalue weighted by Gasteiger charge is 2.36. The third kappa shape index (κ3) is 2.56. The lowest BCUT2D eigenvalue weighted by atomic mass is 10.1. The molecule has 2 N–H and O–H groups in total. The minimum Gasteiger partial charge on any atom is -0.324 e. The third-order valence-electron chi connectivity index (χ3n) is 3.27. The highest BCUT2D eigenvalue weighted by atomic mass is 32.1. The summed E-state index contributed by atoms with van der Waals surface area (Å²) in [4.78, 5) is 11.2. The Hall–Kier alpha value is -0.583. The van der Waals surface area contributed by atoms with Gasteiger partial charge in [-0.1, -0.05) is 37.8 Å². The van der Waals surface area contributed by atoms with Gasteiger partial charge in [-0.15, -0.1) is 12.6 Å². The minimum absolute atomic E-state index is 0.215.